The van der Waals surface area contributed by atoms with E-state index < -0.39 is 12.2 Å². The number of thiocarbonyl (C=S) groups is 2. The van der Waals surface area contributed by atoms with Gasteiger partial charge in [0.05, 0.1) is 0 Å². The predicted molar refractivity (Wildman–Crippen MR) is 93.0 cm³/mol. The second kappa shape index (κ2) is 7.26. The van der Waals surface area contributed by atoms with Gasteiger partial charge in [-0.15, -0.1) is 0 Å². The lowest BCUT2D eigenvalue weighted by Gasteiger charge is -2.24. The lowest BCUT2D eigenvalue weighted by atomic mass is 10.1. The van der Waals surface area contributed by atoms with Crippen LogP contribution in [0.1, 0.15) is 23.3 Å². The van der Waals surface area contributed by atoms with Gasteiger partial charge in [0.2, 0.25) is 0 Å². The fraction of sp³-hybridized carbons (Fsp3) is 0.125. The molecule has 0 amide bonds. The number of benzene rings is 2. The molecule has 21 heavy (non-hydrogen) atoms. The molecule has 0 aliphatic carbocycles. The molecule has 4 N–H and O–H groups in total. The molecule has 108 valence electrons. The van der Waals surface area contributed by atoms with Crippen molar-refractivity contribution in [3.8, 4) is 0 Å². The van der Waals surface area contributed by atoms with Crippen LogP contribution in [0, 0.1) is 0 Å². The van der Waals surface area contributed by atoms with Gasteiger partial charge in [-0.2, -0.15) is 0 Å². The van der Waals surface area contributed by atoms with Gasteiger partial charge >= 0.3 is 0 Å². The fourth-order valence-corrected chi connectivity index (χ4v) is 2.39. The van der Waals surface area contributed by atoms with E-state index in [0.717, 1.165) is 11.1 Å². The molecule has 2 aromatic carbocycles. The Hall–Kier alpha value is -1.82. The van der Waals surface area contributed by atoms with Gasteiger partial charge in [0, 0.05) is 0 Å². The zero-order chi connectivity index (χ0) is 15.2. The van der Waals surface area contributed by atoms with E-state index in [2.05, 4.69) is 0 Å². The second-order valence-electron chi connectivity index (χ2n) is 4.52. The molecule has 0 spiro atoms. The zero-order valence-electron chi connectivity index (χ0n) is 11.3. The standard InChI is InChI=1S/C16H16N2OS2/c17-15(20)13(11-7-3-1-4-8-11)19-14(16(18)21)12-9-5-2-6-10-12/h1-10,13-14H,(H2,17,20)(H2,18,21). The van der Waals surface area contributed by atoms with Crippen LogP contribution in [0.3, 0.4) is 0 Å². The molecule has 0 aliphatic heterocycles. The minimum Gasteiger partial charge on any atom is -0.391 e. The molecule has 0 fully saturated rings. The number of hydrogen-bond donors (Lipinski definition) is 2. The van der Waals surface area contributed by atoms with E-state index in [1.807, 2.05) is 60.7 Å². The summed E-state index contributed by atoms with van der Waals surface area (Å²) >= 11 is 10.2. The van der Waals surface area contributed by atoms with Gasteiger partial charge in [-0.1, -0.05) is 85.1 Å². The summed E-state index contributed by atoms with van der Waals surface area (Å²) in [7, 11) is 0. The highest BCUT2D eigenvalue weighted by Gasteiger charge is 2.23. The third-order valence-corrected chi connectivity index (χ3v) is 3.42. The number of nitrogens with two attached hydrogens (primary N) is 2. The van der Waals surface area contributed by atoms with Gasteiger partial charge in [0.15, 0.2) is 0 Å². The van der Waals surface area contributed by atoms with Gasteiger partial charge < -0.3 is 16.2 Å². The summed E-state index contributed by atoms with van der Waals surface area (Å²) in [6, 6.07) is 19.1. The molecular weight excluding hydrogens is 300 g/mol. The van der Waals surface area contributed by atoms with E-state index in [4.69, 9.17) is 40.6 Å². The summed E-state index contributed by atoms with van der Waals surface area (Å²) in [6.07, 6.45) is -1.07. The first kappa shape index (κ1) is 15.6. The molecule has 0 saturated carbocycles. The summed E-state index contributed by atoms with van der Waals surface area (Å²) in [4.78, 5) is 0.497. The van der Waals surface area contributed by atoms with E-state index in [1.54, 1.807) is 0 Å². The normalized spacial score (nSPS) is 13.3. The molecule has 3 nitrogen and oxygen atoms in total. The Morgan fingerprint density at radius 3 is 1.33 bits per heavy atom. The first-order chi connectivity index (χ1) is 10.1. The van der Waals surface area contributed by atoms with E-state index in [1.165, 1.54) is 0 Å². The highest BCUT2D eigenvalue weighted by atomic mass is 32.1. The highest BCUT2D eigenvalue weighted by Crippen LogP contribution is 2.27. The molecule has 0 aromatic heterocycles. The molecule has 0 heterocycles. The quantitative estimate of drug-likeness (QED) is 0.802. The second-order valence-corrected chi connectivity index (χ2v) is 5.47. The van der Waals surface area contributed by atoms with Crippen molar-refractivity contribution in [3.63, 3.8) is 0 Å². The largest absolute Gasteiger partial charge is 0.391 e. The Balaban J connectivity index is 2.30. The number of hydrogen-bond acceptors (Lipinski definition) is 3. The summed E-state index contributed by atoms with van der Waals surface area (Å²) in [5.74, 6) is 0. The Morgan fingerprint density at radius 1 is 0.714 bits per heavy atom. The Bertz CT molecular complexity index is 561. The molecule has 5 heteroatoms. The first-order valence-electron chi connectivity index (χ1n) is 6.43. The lowest BCUT2D eigenvalue weighted by Crippen LogP contribution is -2.29. The summed E-state index contributed by atoms with van der Waals surface area (Å²) in [5.41, 5.74) is 13.4. The van der Waals surface area contributed by atoms with Crippen LogP contribution in [0.2, 0.25) is 0 Å². The zero-order valence-corrected chi connectivity index (χ0v) is 12.9. The van der Waals surface area contributed by atoms with Crippen molar-refractivity contribution in [2.24, 2.45) is 11.5 Å². The molecule has 0 radical (unpaired) electrons. The highest BCUT2D eigenvalue weighted by molar-refractivity contribution is 7.80. The smallest absolute Gasteiger partial charge is 0.134 e. The average Bonchev–Trinajstić information content (AvgIpc) is 2.49. The topological polar surface area (TPSA) is 61.3 Å². The van der Waals surface area contributed by atoms with Crippen LogP contribution in [0.5, 0.6) is 0 Å². The van der Waals surface area contributed by atoms with E-state index in [-0.39, 0.29) is 9.98 Å². The number of rotatable bonds is 6. The minimum absolute atomic E-state index is 0.249. The van der Waals surface area contributed by atoms with Gasteiger partial charge in [0.25, 0.3) is 0 Å². The molecule has 0 saturated heterocycles. The van der Waals surface area contributed by atoms with Crippen LogP contribution in [0.25, 0.3) is 0 Å². The van der Waals surface area contributed by atoms with Gasteiger partial charge in [-0.25, -0.2) is 0 Å². The van der Waals surface area contributed by atoms with Crippen LogP contribution in [0.4, 0.5) is 0 Å². The van der Waals surface area contributed by atoms with Crippen LogP contribution >= 0.6 is 24.4 Å². The molecule has 2 atom stereocenters. The summed E-state index contributed by atoms with van der Waals surface area (Å²) in [6.45, 7) is 0. The van der Waals surface area contributed by atoms with Gasteiger partial charge in [-0.3, -0.25) is 0 Å². The monoisotopic (exact) mass is 316 g/mol. The van der Waals surface area contributed by atoms with Crippen LogP contribution in [-0.2, 0) is 4.74 Å². The molecule has 0 bridgehead atoms. The van der Waals surface area contributed by atoms with Crippen LogP contribution < -0.4 is 11.5 Å². The third kappa shape index (κ3) is 4.07. The van der Waals surface area contributed by atoms with E-state index in [0.29, 0.717) is 0 Å². The third-order valence-electron chi connectivity index (χ3n) is 2.99. The van der Waals surface area contributed by atoms with Crippen molar-refractivity contribution in [2.75, 3.05) is 0 Å². The Morgan fingerprint density at radius 2 is 1.05 bits per heavy atom. The van der Waals surface area contributed by atoms with Crippen LogP contribution in [-0.4, -0.2) is 9.98 Å². The maximum Gasteiger partial charge on any atom is 0.134 e. The van der Waals surface area contributed by atoms with Crippen molar-refractivity contribution in [2.45, 2.75) is 12.2 Å². The summed E-state index contributed by atoms with van der Waals surface area (Å²) in [5, 5.41) is 0. The Kier molecular flexibility index (Phi) is 5.38. The molecule has 0 aliphatic rings. The van der Waals surface area contributed by atoms with Gasteiger partial charge in [-0.05, 0) is 11.1 Å². The summed E-state index contributed by atoms with van der Waals surface area (Å²) < 4.78 is 6.01. The Labute approximate surface area is 134 Å². The predicted octanol–water partition coefficient (Wildman–Crippen LogP) is 3.06. The van der Waals surface area contributed by atoms with Gasteiger partial charge in [0.1, 0.15) is 22.2 Å². The molecular formula is C16H16N2OS2. The van der Waals surface area contributed by atoms with Crippen molar-refractivity contribution in [1.29, 1.82) is 0 Å². The lowest BCUT2D eigenvalue weighted by molar-refractivity contribution is 0.0649. The van der Waals surface area contributed by atoms with Crippen molar-refractivity contribution >= 4 is 34.4 Å². The molecule has 2 unspecified atom stereocenters. The number of ether oxygens (including phenoxy) is 1. The van der Waals surface area contributed by atoms with Crippen molar-refractivity contribution in [1.82, 2.24) is 0 Å². The minimum atomic E-state index is -0.534. The van der Waals surface area contributed by atoms with E-state index in [9.17, 15) is 0 Å². The SMILES string of the molecule is NC(=S)C(OC(C(N)=S)c1ccccc1)c1ccccc1. The van der Waals surface area contributed by atoms with Crippen LogP contribution in [0.15, 0.2) is 60.7 Å². The van der Waals surface area contributed by atoms with Crippen molar-refractivity contribution < 1.29 is 4.74 Å². The van der Waals surface area contributed by atoms with Crippen molar-refractivity contribution in [3.05, 3.63) is 71.8 Å². The molecule has 2 rings (SSSR count). The average molecular weight is 316 g/mol. The fourth-order valence-electron chi connectivity index (χ4n) is 2.01. The maximum absolute atomic E-state index is 6.01. The molecule has 2 aromatic rings. The first-order valence-corrected chi connectivity index (χ1v) is 7.25. The maximum atomic E-state index is 6.01. The van der Waals surface area contributed by atoms with E-state index >= 15 is 0 Å².